The third-order valence-corrected chi connectivity index (χ3v) is 11.0. The first-order chi connectivity index (χ1) is 27.0. The highest BCUT2D eigenvalue weighted by molar-refractivity contribution is 5.76. The predicted octanol–water partition coefficient (Wildman–Crippen LogP) is 14.0. The van der Waals surface area contributed by atoms with Crippen LogP contribution in [-0.2, 0) is 14.3 Å². The number of rotatable bonds is 44. The summed E-state index contributed by atoms with van der Waals surface area (Å²) in [4.78, 5) is 24.3. The Hall–Kier alpha value is -1.66. The summed E-state index contributed by atoms with van der Waals surface area (Å²) in [5.41, 5.74) is 0. The van der Waals surface area contributed by atoms with Gasteiger partial charge in [-0.05, 0) is 51.4 Å². The van der Waals surface area contributed by atoms with Gasteiger partial charge in [0.2, 0.25) is 5.91 Å². The summed E-state index contributed by atoms with van der Waals surface area (Å²) in [5, 5.41) is 22.9. The summed E-state index contributed by atoms with van der Waals surface area (Å²) < 4.78 is 5.44. The Morgan fingerprint density at radius 1 is 0.491 bits per heavy atom. The highest BCUT2D eigenvalue weighted by atomic mass is 16.5. The summed E-state index contributed by atoms with van der Waals surface area (Å²) in [5.74, 6) is -0.0810. The van der Waals surface area contributed by atoms with E-state index in [0.29, 0.717) is 19.4 Å². The van der Waals surface area contributed by atoms with Crippen LogP contribution >= 0.6 is 0 Å². The lowest BCUT2D eigenvalue weighted by Gasteiger charge is -2.20. The van der Waals surface area contributed by atoms with Gasteiger partial charge < -0.3 is 20.3 Å². The first kappa shape index (κ1) is 53.3. The van der Waals surface area contributed by atoms with Crippen LogP contribution in [0.5, 0.6) is 0 Å². The summed E-state index contributed by atoms with van der Waals surface area (Å²) >= 11 is 0. The third-order valence-electron chi connectivity index (χ3n) is 11.0. The lowest BCUT2D eigenvalue weighted by atomic mass is 10.0. The molecule has 0 radical (unpaired) electrons. The van der Waals surface area contributed by atoms with Crippen LogP contribution in [-0.4, -0.2) is 47.4 Å². The number of hydrogen-bond donors (Lipinski definition) is 3. The van der Waals surface area contributed by atoms with E-state index in [9.17, 15) is 19.8 Å². The zero-order chi connectivity index (χ0) is 40.1. The van der Waals surface area contributed by atoms with Crippen molar-refractivity contribution >= 4 is 11.9 Å². The second-order valence-corrected chi connectivity index (χ2v) is 16.4. The van der Waals surface area contributed by atoms with Crippen LogP contribution in [0.2, 0.25) is 0 Å². The van der Waals surface area contributed by atoms with Crippen molar-refractivity contribution in [1.29, 1.82) is 0 Å². The Morgan fingerprint density at radius 2 is 0.873 bits per heavy atom. The average molecular weight is 776 g/mol. The summed E-state index contributed by atoms with van der Waals surface area (Å²) in [6.07, 6.45) is 51.8. The number of hydrogen-bond acceptors (Lipinski definition) is 5. The van der Waals surface area contributed by atoms with Crippen LogP contribution in [0.15, 0.2) is 24.3 Å². The molecule has 0 heterocycles. The molecule has 3 N–H and O–H groups in total. The van der Waals surface area contributed by atoms with E-state index in [1.165, 1.54) is 180 Å². The fourth-order valence-corrected chi connectivity index (χ4v) is 7.20. The molecule has 0 aliphatic heterocycles. The van der Waals surface area contributed by atoms with E-state index in [1.807, 2.05) is 6.08 Å². The van der Waals surface area contributed by atoms with Crippen LogP contribution in [0.1, 0.15) is 251 Å². The summed E-state index contributed by atoms with van der Waals surface area (Å²) in [7, 11) is 0. The fourth-order valence-electron chi connectivity index (χ4n) is 7.20. The van der Waals surface area contributed by atoms with Gasteiger partial charge in [0.05, 0.1) is 25.4 Å². The Balaban J connectivity index is 3.41. The average Bonchev–Trinajstić information content (AvgIpc) is 3.18. The maximum atomic E-state index is 12.3. The monoisotopic (exact) mass is 776 g/mol. The number of aliphatic hydroxyl groups excluding tert-OH is 2. The number of aliphatic hydroxyl groups is 2. The Morgan fingerprint density at radius 3 is 1.35 bits per heavy atom. The molecule has 0 rings (SSSR count). The number of nitrogens with one attached hydrogen (secondary N) is 1. The van der Waals surface area contributed by atoms with E-state index in [4.69, 9.17) is 4.74 Å². The first-order valence-corrected chi connectivity index (χ1v) is 24.1. The Kier molecular flexibility index (Phi) is 43.7. The fraction of sp³-hybridized carbons (Fsp3) is 0.878. The molecular weight excluding hydrogens is 683 g/mol. The lowest BCUT2D eigenvalue weighted by molar-refractivity contribution is -0.143. The molecule has 0 aromatic carbocycles. The normalized spacial score (nSPS) is 12.9. The molecule has 55 heavy (non-hydrogen) atoms. The highest BCUT2D eigenvalue weighted by Gasteiger charge is 2.18. The molecule has 2 unspecified atom stereocenters. The van der Waals surface area contributed by atoms with Gasteiger partial charge in [-0.3, -0.25) is 9.59 Å². The molecule has 0 fully saturated rings. The highest BCUT2D eigenvalue weighted by Crippen LogP contribution is 2.16. The lowest BCUT2D eigenvalue weighted by Crippen LogP contribution is -2.45. The third kappa shape index (κ3) is 41.8. The van der Waals surface area contributed by atoms with Crippen LogP contribution in [0.4, 0.5) is 0 Å². The molecule has 0 aromatic rings. The summed E-state index contributed by atoms with van der Waals surface area (Å²) in [6, 6.07) is -0.628. The molecule has 6 nitrogen and oxygen atoms in total. The molecular formula is C49H93NO5. The molecule has 324 valence electrons. The van der Waals surface area contributed by atoms with Gasteiger partial charge >= 0.3 is 5.97 Å². The molecule has 2 atom stereocenters. The van der Waals surface area contributed by atoms with Gasteiger partial charge in [-0.15, -0.1) is 0 Å². The van der Waals surface area contributed by atoms with Crippen molar-refractivity contribution in [2.75, 3.05) is 13.2 Å². The van der Waals surface area contributed by atoms with E-state index >= 15 is 0 Å². The molecule has 6 heteroatoms. The number of esters is 1. The zero-order valence-electron chi connectivity index (χ0n) is 36.7. The first-order valence-electron chi connectivity index (χ1n) is 24.1. The van der Waals surface area contributed by atoms with E-state index in [2.05, 4.69) is 31.3 Å². The maximum absolute atomic E-state index is 12.3. The number of carbonyl (C=O) groups excluding carboxylic acids is 2. The summed E-state index contributed by atoms with van der Waals surface area (Å²) in [6.45, 7) is 4.82. The number of amides is 1. The van der Waals surface area contributed by atoms with Crippen LogP contribution < -0.4 is 5.32 Å². The molecule has 0 saturated heterocycles. The van der Waals surface area contributed by atoms with E-state index in [1.54, 1.807) is 6.08 Å². The van der Waals surface area contributed by atoms with Gasteiger partial charge in [0.25, 0.3) is 0 Å². The number of allylic oxidation sites excluding steroid dienone is 3. The van der Waals surface area contributed by atoms with Gasteiger partial charge in [-0.1, -0.05) is 212 Å². The van der Waals surface area contributed by atoms with Crippen molar-refractivity contribution in [2.24, 2.45) is 0 Å². The zero-order valence-corrected chi connectivity index (χ0v) is 36.7. The van der Waals surface area contributed by atoms with Crippen molar-refractivity contribution in [3.8, 4) is 0 Å². The second kappa shape index (κ2) is 45.0. The molecule has 0 saturated carbocycles. The van der Waals surface area contributed by atoms with Gasteiger partial charge in [0.1, 0.15) is 0 Å². The number of ether oxygens (including phenoxy) is 1. The van der Waals surface area contributed by atoms with Crippen molar-refractivity contribution in [2.45, 2.75) is 264 Å². The number of unbranched alkanes of at least 4 members (excludes halogenated alkanes) is 31. The maximum Gasteiger partial charge on any atom is 0.305 e. The predicted molar refractivity (Wildman–Crippen MR) is 236 cm³/mol. The van der Waals surface area contributed by atoms with Gasteiger partial charge in [0, 0.05) is 12.8 Å². The van der Waals surface area contributed by atoms with E-state index in [0.717, 1.165) is 44.9 Å². The minimum atomic E-state index is -0.844. The molecule has 0 aliphatic rings. The molecule has 0 aromatic heterocycles. The Bertz CT molecular complexity index is 858. The minimum Gasteiger partial charge on any atom is -0.466 e. The standard InChI is InChI=1S/C49H93NO5/c1-3-5-7-9-11-13-22-27-31-35-39-43-49(54)55-44-40-36-32-28-24-21-19-17-15-14-16-18-20-23-26-30-34-38-42-48(53)50-46(45-51)47(52)41-37-33-29-25-12-10-8-6-4-2/h9,11,37,41,46-47,51-52H,3-8,10,12-36,38-40,42-45H2,1-2H3,(H,50,53)/b11-9-,41-37+. The van der Waals surface area contributed by atoms with Gasteiger partial charge in [-0.25, -0.2) is 0 Å². The molecule has 0 bridgehead atoms. The molecule has 0 aliphatic carbocycles. The van der Waals surface area contributed by atoms with Crippen molar-refractivity contribution in [3.63, 3.8) is 0 Å². The van der Waals surface area contributed by atoms with Gasteiger partial charge in [0.15, 0.2) is 0 Å². The molecule has 1 amide bonds. The SMILES string of the molecule is CCCC/C=C\CCCCCCCC(=O)OCCCCCCCCCCCCCCCCCCCCC(=O)NC(CO)C(O)/C=C/CCCCCCCCC. The van der Waals surface area contributed by atoms with Crippen molar-refractivity contribution in [1.82, 2.24) is 5.32 Å². The quantitative estimate of drug-likeness (QED) is 0.0325. The van der Waals surface area contributed by atoms with Crippen molar-refractivity contribution in [3.05, 3.63) is 24.3 Å². The second-order valence-electron chi connectivity index (χ2n) is 16.4. The van der Waals surface area contributed by atoms with Crippen LogP contribution in [0.3, 0.4) is 0 Å². The van der Waals surface area contributed by atoms with E-state index in [-0.39, 0.29) is 18.5 Å². The minimum absolute atomic E-state index is 0.00547. The largest absolute Gasteiger partial charge is 0.466 e. The van der Waals surface area contributed by atoms with Crippen molar-refractivity contribution < 1.29 is 24.5 Å². The van der Waals surface area contributed by atoms with E-state index < -0.39 is 12.1 Å². The molecule has 0 spiro atoms. The van der Waals surface area contributed by atoms with Crippen LogP contribution in [0.25, 0.3) is 0 Å². The van der Waals surface area contributed by atoms with Gasteiger partial charge in [-0.2, -0.15) is 0 Å². The topological polar surface area (TPSA) is 95.9 Å². The Labute approximate surface area is 341 Å². The number of carbonyl (C=O) groups is 2. The van der Waals surface area contributed by atoms with Crippen LogP contribution in [0, 0.1) is 0 Å². The smallest absolute Gasteiger partial charge is 0.305 e.